The molecule has 0 radical (unpaired) electrons. The molecule has 108 valence electrons. The molecule has 2 unspecified atom stereocenters. The number of furan rings is 1. The van der Waals surface area contributed by atoms with Crippen molar-refractivity contribution in [2.75, 3.05) is 26.9 Å². The van der Waals surface area contributed by atoms with Crippen LogP contribution in [0.3, 0.4) is 0 Å². The van der Waals surface area contributed by atoms with Crippen molar-refractivity contribution in [2.24, 2.45) is 0 Å². The lowest BCUT2D eigenvalue weighted by Crippen LogP contribution is -2.39. The smallest absolute Gasteiger partial charge is 0.134 e. The molecule has 1 aliphatic rings. The van der Waals surface area contributed by atoms with Gasteiger partial charge in [-0.25, -0.2) is 0 Å². The zero-order valence-electron chi connectivity index (χ0n) is 12.0. The van der Waals surface area contributed by atoms with Gasteiger partial charge >= 0.3 is 0 Å². The second-order valence-electron chi connectivity index (χ2n) is 5.04. The van der Waals surface area contributed by atoms with Crippen molar-refractivity contribution in [3.05, 3.63) is 35.6 Å². The van der Waals surface area contributed by atoms with E-state index in [9.17, 15) is 0 Å². The quantitative estimate of drug-likeness (QED) is 0.931. The largest absolute Gasteiger partial charge is 0.461 e. The molecule has 1 aromatic carbocycles. The molecule has 0 aliphatic carbocycles. The number of para-hydroxylation sites is 1. The van der Waals surface area contributed by atoms with Crippen LogP contribution in [-0.2, 0) is 15.9 Å². The second kappa shape index (κ2) is 5.95. The van der Waals surface area contributed by atoms with Crippen LogP contribution < -0.4 is 5.32 Å². The number of fused-ring (bicyclic) bond motifs is 1. The average Bonchev–Trinajstić information content (AvgIpc) is 2.88. The highest BCUT2D eigenvalue weighted by atomic mass is 16.6. The predicted octanol–water partition coefficient (Wildman–Crippen LogP) is 2.67. The summed E-state index contributed by atoms with van der Waals surface area (Å²) < 4.78 is 17.4. The first-order valence-electron chi connectivity index (χ1n) is 7.22. The summed E-state index contributed by atoms with van der Waals surface area (Å²) >= 11 is 0. The van der Waals surface area contributed by atoms with Crippen molar-refractivity contribution in [3.63, 3.8) is 0 Å². The Morgan fingerprint density at radius 1 is 1.30 bits per heavy atom. The standard InChI is InChI=1S/C16H21NO3/c1-3-12-15(11-6-4-5-7-13(11)20-12)16(17-2)14-10-18-8-9-19-14/h4-7,14,16-17H,3,8-10H2,1-2H3. The molecular formula is C16H21NO3. The maximum atomic E-state index is 5.99. The number of likely N-dealkylation sites (N-methyl/N-ethyl adjacent to an activating group) is 1. The Labute approximate surface area is 119 Å². The van der Waals surface area contributed by atoms with Crippen LogP contribution in [0.2, 0.25) is 0 Å². The molecule has 1 fully saturated rings. The van der Waals surface area contributed by atoms with Gasteiger partial charge in [0.15, 0.2) is 0 Å². The van der Waals surface area contributed by atoms with Gasteiger partial charge in [-0.2, -0.15) is 0 Å². The Balaban J connectivity index is 2.05. The SMILES string of the molecule is CCc1oc2ccccc2c1C(NC)C1COCCO1. The van der Waals surface area contributed by atoms with Gasteiger partial charge < -0.3 is 19.2 Å². The van der Waals surface area contributed by atoms with Gasteiger partial charge in [-0.05, 0) is 13.1 Å². The number of hydrogen-bond acceptors (Lipinski definition) is 4. The summed E-state index contributed by atoms with van der Waals surface area (Å²) in [5, 5.41) is 4.54. The zero-order chi connectivity index (χ0) is 13.9. The van der Waals surface area contributed by atoms with Crippen LogP contribution in [0.4, 0.5) is 0 Å². The predicted molar refractivity (Wildman–Crippen MR) is 78.0 cm³/mol. The van der Waals surface area contributed by atoms with Crippen molar-refractivity contribution >= 4 is 11.0 Å². The normalized spacial score (nSPS) is 21.2. The van der Waals surface area contributed by atoms with Crippen molar-refractivity contribution < 1.29 is 13.9 Å². The second-order valence-corrected chi connectivity index (χ2v) is 5.04. The number of benzene rings is 1. The molecule has 4 heteroatoms. The van der Waals surface area contributed by atoms with Gasteiger partial charge in [0, 0.05) is 17.4 Å². The first kappa shape index (κ1) is 13.6. The fraction of sp³-hybridized carbons (Fsp3) is 0.500. The van der Waals surface area contributed by atoms with Gasteiger partial charge in [0.25, 0.3) is 0 Å². The monoisotopic (exact) mass is 275 g/mol. The van der Waals surface area contributed by atoms with E-state index in [2.05, 4.69) is 18.3 Å². The highest BCUT2D eigenvalue weighted by Crippen LogP contribution is 2.34. The molecule has 1 aromatic heterocycles. The Morgan fingerprint density at radius 2 is 2.15 bits per heavy atom. The van der Waals surface area contributed by atoms with E-state index in [0.29, 0.717) is 19.8 Å². The molecular weight excluding hydrogens is 254 g/mol. The Morgan fingerprint density at radius 3 is 2.85 bits per heavy atom. The third-order valence-electron chi connectivity index (χ3n) is 3.87. The van der Waals surface area contributed by atoms with E-state index >= 15 is 0 Å². The Hall–Kier alpha value is -1.36. The summed E-state index contributed by atoms with van der Waals surface area (Å²) in [5.74, 6) is 1.03. The lowest BCUT2D eigenvalue weighted by molar-refractivity contribution is -0.101. The van der Waals surface area contributed by atoms with Crippen LogP contribution in [0.15, 0.2) is 28.7 Å². The van der Waals surface area contributed by atoms with Crippen LogP contribution in [0, 0.1) is 0 Å². The molecule has 20 heavy (non-hydrogen) atoms. The first-order valence-corrected chi connectivity index (χ1v) is 7.22. The van der Waals surface area contributed by atoms with E-state index in [-0.39, 0.29) is 12.1 Å². The minimum Gasteiger partial charge on any atom is -0.461 e. The highest BCUT2D eigenvalue weighted by Gasteiger charge is 2.30. The van der Waals surface area contributed by atoms with Gasteiger partial charge in [0.05, 0.1) is 25.9 Å². The molecule has 0 amide bonds. The van der Waals surface area contributed by atoms with Gasteiger partial charge in [0.1, 0.15) is 17.4 Å². The fourth-order valence-corrected chi connectivity index (χ4v) is 2.93. The van der Waals surface area contributed by atoms with E-state index in [1.54, 1.807) is 0 Å². The molecule has 0 bridgehead atoms. The molecule has 1 saturated heterocycles. The van der Waals surface area contributed by atoms with Gasteiger partial charge in [-0.1, -0.05) is 25.1 Å². The Kier molecular flexibility index (Phi) is 4.05. The van der Waals surface area contributed by atoms with Gasteiger partial charge in [0.2, 0.25) is 0 Å². The number of ether oxygens (including phenoxy) is 2. The summed E-state index contributed by atoms with van der Waals surface area (Å²) in [7, 11) is 1.96. The molecule has 2 aromatic rings. The van der Waals surface area contributed by atoms with E-state index in [1.165, 1.54) is 5.56 Å². The molecule has 1 N–H and O–H groups in total. The molecule has 0 spiro atoms. The number of aryl methyl sites for hydroxylation is 1. The first-order chi connectivity index (χ1) is 9.85. The lowest BCUT2D eigenvalue weighted by Gasteiger charge is -2.30. The molecule has 2 atom stereocenters. The number of hydrogen-bond donors (Lipinski definition) is 1. The average molecular weight is 275 g/mol. The van der Waals surface area contributed by atoms with Gasteiger partial charge in [-0.3, -0.25) is 0 Å². The third-order valence-corrected chi connectivity index (χ3v) is 3.87. The third kappa shape index (κ3) is 2.35. The van der Waals surface area contributed by atoms with E-state index < -0.39 is 0 Å². The minimum atomic E-state index is 0.0278. The summed E-state index contributed by atoms with van der Waals surface area (Å²) in [6.45, 7) is 4.07. The zero-order valence-corrected chi connectivity index (χ0v) is 12.0. The molecule has 4 nitrogen and oxygen atoms in total. The van der Waals surface area contributed by atoms with E-state index in [1.807, 2.05) is 25.2 Å². The topological polar surface area (TPSA) is 43.6 Å². The van der Waals surface area contributed by atoms with Crippen LogP contribution >= 0.6 is 0 Å². The van der Waals surface area contributed by atoms with Gasteiger partial charge in [-0.15, -0.1) is 0 Å². The van der Waals surface area contributed by atoms with Crippen LogP contribution in [0.5, 0.6) is 0 Å². The summed E-state index contributed by atoms with van der Waals surface area (Å²) in [6.07, 6.45) is 0.899. The van der Waals surface area contributed by atoms with Crippen LogP contribution in [-0.4, -0.2) is 33.0 Å². The number of rotatable bonds is 4. The van der Waals surface area contributed by atoms with E-state index in [0.717, 1.165) is 23.2 Å². The van der Waals surface area contributed by atoms with Crippen molar-refractivity contribution in [3.8, 4) is 0 Å². The maximum absolute atomic E-state index is 5.99. The highest BCUT2D eigenvalue weighted by molar-refractivity contribution is 5.83. The summed E-state index contributed by atoms with van der Waals surface area (Å²) in [4.78, 5) is 0. The minimum absolute atomic E-state index is 0.0278. The summed E-state index contributed by atoms with van der Waals surface area (Å²) in [5.41, 5.74) is 2.15. The fourth-order valence-electron chi connectivity index (χ4n) is 2.93. The van der Waals surface area contributed by atoms with Crippen molar-refractivity contribution in [1.29, 1.82) is 0 Å². The van der Waals surface area contributed by atoms with E-state index in [4.69, 9.17) is 13.9 Å². The molecule has 2 heterocycles. The molecule has 0 saturated carbocycles. The van der Waals surface area contributed by atoms with Crippen LogP contribution in [0.25, 0.3) is 11.0 Å². The lowest BCUT2D eigenvalue weighted by atomic mass is 9.97. The molecule has 3 rings (SSSR count). The number of nitrogens with one attached hydrogen (secondary N) is 1. The molecule has 1 aliphatic heterocycles. The van der Waals surface area contributed by atoms with Crippen LogP contribution in [0.1, 0.15) is 24.3 Å². The summed E-state index contributed by atoms with van der Waals surface area (Å²) in [6, 6.07) is 8.27. The van der Waals surface area contributed by atoms with Crippen molar-refractivity contribution in [1.82, 2.24) is 5.32 Å². The Bertz CT molecular complexity index is 572. The van der Waals surface area contributed by atoms with Crippen molar-refractivity contribution in [2.45, 2.75) is 25.5 Å². The maximum Gasteiger partial charge on any atom is 0.134 e.